The van der Waals surface area contributed by atoms with Gasteiger partial charge in [0.1, 0.15) is 5.82 Å². The second-order valence-corrected chi connectivity index (χ2v) is 1.95. The van der Waals surface area contributed by atoms with Gasteiger partial charge in [-0.3, -0.25) is 0 Å². The zero-order valence-electron chi connectivity index (χ0n) is 5.75. The third kappa shape index (κ3) is 2.03. The molecule has 54 valence electrons. The Bertz CT molecular complexity index is 189. The van der Waals surface area contributed by atoms with E-state index in [9.17, 15) is 0 Å². The highest BCUT2D eigenvalue weighted by Crippen LogP contribution is 1.92. The van der Waals surface area contributed by atoms with Crippen LogP contribution in [0.2, 0.25) is 0 Å². The van der Waals surface area contributed by atoms with Gasteiger partial charge in [0.15, 0.2) is 0 Å². The van der Waals surface area contributed by atoms with E-state index in [1.165, 1.54) is 0 Å². The Labute approximate surface area is 60.0 Å². The maximum absolute atomic E-state index is 5.29. The van der Waals surface area contributed by atoms with Crippen LogP contribution in [-0.4, -0.2) is 16.5 Å². The number of hydrogen-bond donors (Lipinski definition) is 2. The number of rotatable bonds is 3. The Morgan fingerprint density at radius 1 is 1.70 bits per heavy atom. The molecule has 0 aliphatic rings. The molecule has 0 aliphatic carbocycles. The Kier molecular flexibility index (Phi) is 2.70. The number of H-pyrrole nitrogens is 1. The molecule has 0 spiro atoms. The third-order valence-corrected chi connectivity index (χ3v) is 1.13. The van der Waals surface area contributed by atoms with Gasteiger partial charge in [-0.25, -0.2) is 4.98 Å². The van der Waals surface area contributed by atoms with E-state index in [4.69, 9.17) is 5.73 Å². The average molecular weight is 137 g/mol. The first-order valence-corrected chi connectivity index (χ1v) is 3.29. The van der Waals surface area contributed by atoms with Crippen LogP contribution in [0.1, 0.15) is 12.2 Å². The standard InChI is InChI=1S/C7H11N3/c8-4-2-1-3-7-9-5-6-10-7/h1,3,5-6H,2,4,8H2,(H,9,10). The van der Waals surface area contributed by atoms with Crippen molar-refractivity contribution in [3.63, 3.8) is 0 Å². The topological polar surface area (TPSA) is 54.7 Å². The van der Waals surface area contributed by atoms with Gasteiger partial charge < -0.3 is 10.7 Å². The lowest BCUT2D eigenvalue weighted by Crippen LogP contribution is -1.94. The van der Waals surface area contributed by atoms with Gasteiger partial charge in [-0.1, -0.05) is 6.08 Å². The van der Waals surface area contributed by atoms with Gasteiger partial charge in [0.2, 0.25) is 0 Å². The summed E-state index contributed by atoms with van der Waals surface area (Å²) in [5.74, 6) is 0.883. The molecule has 1 heterocycles. The summed E-state index contributed by atoms with van der Waals surface area (Å²) in [6.45, 7) is 0.692. The van der Waals surface area contributed by atoms with Gasteiger partial charge in [0, 0.05) is 12.4 Å². The van der Waals surface area contributed by atoms with Gasteiger partial charge in [0.05, 0.1) is 0 Å². The maximum atomic E-state index is 5.29. The van der Waals surface area contributed by atoms with E-state index in [1.807, 2.05) is 12.2 Å². The van der Waals surface area contributed by atoms with E-state index in [-0.39, 0.29) is 0 Å². The lowest BCUT2D eigenvalue weighted by molar-refractivity contribution is 1.01. The van der Waals surface area contributed by atoms with Crippen molar-refractivity contribution in [3.8, 4) is 0 Å². The summed E-state index contributed by atoms with van der Waals surface area (Å²) in [6.07, 6.45) is 8.34. The number of aromatic nitrogens is 2. The van der Waals surface area contributed by atoms with Gasteiger partial charge in [-0.15, -0.1) is 0 Å². The molecule has 1 aromatic heterocycles. The van der Waals surface area contributed by atoms with Crippen LogP contribution in [0, 0.1) is 0 Å². The normalized spacial score (nSPS) is 10.9. The first-order chi connectivity index (χ1) is 4.93. The lowest BCUT2D eigenvalue weighted by atomic mass is 10.4. The fraction of sp³-hybridized carbons (Fsp3) is 0.286. The lowest BCUT2D eigenvalue weighted by Gasteiger charge is -1.83. The minimum absolute atomic E-state index is 0.692. The van der Waals surface area contributed by atoms with Gasteiger partial charge >= 0.3 is 0 Å². The van der Waals surface area contributed by atoms with Crippen molar-refractivity contribution in [1.29, 1.82) is 0 Å². The first kappa shape index (κ1) is 7.02. The summed E-state index contributed by atoms with van der Waals surface area (Å²) in [5, 5.41) is 0. The van der Waals surface area contributed by atoms with Gasteiger partial charge in [-0.05, 0) is 19.0 Å². The largest absolute Gasteiger partial charge is 0.345 e. The highest BCUT2D eigenvalue weighted by Gasteiger charge is 1.82. The van der Waals surface area contributed by atoms with Crippen LogP contribution in [0.3, 0.4) is 0 Å². The van der Waals surface area contributed by atoms with Crippen molar-refractivity contribution >= 4 is 6.08 Å². The van der Waals surface area contributed by atoms with Gasteiger partial charge in [0.25, 0.3) is 0 Å². The Balaban J connectivity index is 2.40. The van der Waals surface area contributed by atoms with Crippen molar-refractivity contribution in [1.82, 2.24) is 9.97 Å². The molecular weight excluding hydrogens is 126 g/mol. The number of nitrogens with zero attached hydrogens (tertiary/aromatic N) is 1. The number of nitrogens with one attached hydrogen (secondary N) is 1. The molecule has 0 aliphatic heterocycles. The maximum Gasteiger partial charge on any atom is 0.129 e. The summed E-state index contributed by atoms with van der Waals surface area (Å²) in [5.41, 5.74) is 5.29. The van der Waals surface area contributed by atoms with Crippen molar-refractivity contribution in [2.75, 3.05) is 6.54 Å². The summed E-state index contributed by atoms with van der Waals surface area (Å²) >= 11 is 0. The average Bonchev–Trinajstić information content (AvgIpc) is 2.41. The fourth-order valence-electron chi connectivity index (χ4n) is 0.660. The zero-order valence-corrected chi connectivity index (χ0v) is 5.75. The molecule has 1 aromatic rings. The van der Waals surface area contributed by atoms with Crippen LogP contribution in [0.5, 0.6) is 0 Å². The molecule has 3 N–H and O–H groups in total. The molecule has 1 rings (SSSR count). The summed E-state index contributed by atoms with van der Waals surface area (Å²) in [7, 11) is 0. The number of nitrogens with two attached hydrogens (primary N) is 1. The molecule has 0 amide bonds. The number of aromatic amines is 1. The molecule has 3 heteroatoms. The zero-order chi connectivity index (χ0) is 7.23. The summed E-state index contributed by atoms with van der Waals surface area (Å²) in [6, 6.07) is 0. The molecule has 0 radical (unpaired) electrons. The quantitative estimate of drug-likeness (QED) is 0.646. The summed E-state index contributed by atoms with van der Waals surface area (Å²) in [4.78, 5) is 6.96. The van der Waals surface area contributed by atoms with Crippen LogP contribution in [0.15, 0.2) is 18.5 Å². The Hall–Kier alpha value is -1.09. The predicted molar refractivity (Wildman–Crippen MR) is 41.3 cm³/mol. The number of hydrogen-bond acceptors (Lipinski definition) is 2. The van der Waals surface area contributed by atoms with Crippen LogP contribution < -0.4 is 5.73 Å². The molecule has 0 atom stereocenters. The van der Waals surface area contributed by atoms with Crippen LogP contribution in [-0.2, 0) is 0 Å². The van der Waals surface area contributed by atoms with E-state index in [0.29, 0.717) is 6.54 Å². The molecule has 3 nitrogen and oxygen atoms in total. The van der Waals surface area contributed by atoms with Crippen LogP contribution in [0.25, 0.3) is 6.08 Å². The molecular formula is C7H11N3. The van der Waals surface area contributed by atoms with Crippen molar-refractivity contribution in [2.45, 2.75) is 6.42 Å². The van der Waals surface area contributed by atoms with Crippen molar-refractivity contribution in [2.24, 2.45) is 5.73 Å². The van der Waals surface area contributed by atoms with Crippen LogP contribution >= 0.6 is 0 Å². The second-order valence-electron chi connectivity index (χ2n) is 1.95. The molecule has 0 aromatic carbocycles. The van der Waals surface area contributed by atoms with Crippen molar-refractivity contribution < 1.29 is 0 Å². The van der Waals surface area contributed by atoms with E-state index in [0.717, 1.165) is 12.2 Å². The van der Waals surface area contributed by atoms with E-state index in [1.54, 1.807) is 12.4 Å². The van der Waals surface area contributed by atoms with Crippen LogP contribution in [0.4, 0.5) is 0 Å². The predicted octanol–water partition coefficient (Wildman–Crippen LogP) is 0.772. The van der Waals surface area contributed by atoms with E-state index in [2.05, 4.69) is 9.97 Å². The molecule has 10 heavy (non-hydrogen) atoms. The molecule has 0 bridgehead atoms. The first-order valence-electron chi connectivity index (χ1n) is 3.29. The molecule has 0 saturated heterocycles. The Morgan fingerprint density at radius 2 is 2.60 bits per heavy atom. The SMILES string of the molecule is NCCC=Cc1ncc[nH]1. The third-order valence-electron chi connectivity index (χ3n) is 1.13. The second kappa shape index (κ2) is 3.85. The highest BCUT2D eigenvalue weighted by molar-refractivity contribution is 5.38. The molecule has 0 unspecified atom stereocenters. The minimum Gasteiger partial charge on any atom is -0.345 e. The fourth-order valence-corrected chi connectivity index (χ4v) is 0.660. The minimum atomic E-state index is 0.692. The Morgan fingerprint density at radius 3 is 3.20 bits per heavy atom. The van der Waals surface area contributed by atoms with Crippen molar-refractivity contribution in [3.05, 3.63) is 24.3 Å². The smallest absolute Gasteiger partial charge is 0.129 e. The highest BCUT2D eigenvalue weighted by atomic mass is 14.9. The molecule has 0 saturated carbocycles. The summed E-state index contributed by atoms with van der Waals surface area (Å²) < 4.78 is 0. The number of imidazole rings is 1. The van der Waals surface area contributed by atoms with Gasteiger partial charge in [-0.2, -0.15) is 0 Å². The van der Waals surface area contributed by atoms with E-state index >= 15 is 0 Å². The monoisotopic (exact) mass is 137 g/mol. The van der Waals surface area contributed by atoms with E-state index < -0.39 is 0 Å². The molecule has 0 fully saturated rings.